The number of ether oxygens (including phenoxy) is 4. The summed E-state index contributed by atoms with van der Waals surface area (Å²) >= 11 is 3.69. The third kappa shape index (κ3) is 12.7. The van der Waals surface area contributed by atoms with Crippen LogP contribution in [0.5, 0.6) is 23.0 Å². The van der Waals surface area contributed by atoms with Crippen molar-refractivity contribution in [2.45, 2.75) is 74.9 Å². The van der Waals surface area contributed by atoms with Crippen molar-refractivity contribution in [1.82, 2.24) is 9.80 Å². The number of aliphatic carboxylic acids is 4. The zero-order valence-corrected chi connectivity index (χ0v) is 44.2. The first-order valence-corrected chi connectivity index (χ1v) is 26.8. The summed E-state index contributed by atoms with van der Waals surface area (Å²) in [6, 6.07) is 34.0. The van der Waals surface area contributed by atoms with Crippen molar-refractivity contribution in [3.63, 3.8) is 0 Å². The van der Waals surface area contributed by atoms with E-state index in [4.69, 9.17) is 67.4 Å². The van der Waals surface area contributed by atoms with E-state index >= 15 is 0 Å². The van der Waals surface area contributed by atoms with Crippen molar-refractivity contribution in [1.29, 1.82) is 0 Å². The van der Waals surface area contributed by atoms with Gasteiger partial charge in [0.25, 0.3) is 0 Å². The second-order valence-corrected chi connectivity index (χ2v) is 21.2. The Hall–Kier alpha value is -7.72. The highest BCUT2D eigenvalue weighted by Crippen LogP contribution is 2.45. The predicted molar refractivity (Wildman–Crippen MR) is 295 cm³/mol. The molecular formula is C58H58N2O16S2. The number of carboxylic acid groups (broad SMARTS) is 4. The van der Waals surface area contributed by atoms with Crippen LogP contribution >= 0.6 is 22.7 Å². The van der Waals surface area contributed by atoms with E-state index in [1.165, 1.54) is 53.9 Å². The summed E-state index contributed by atoms with van der Waals surface area (Å²) in [6.45, 7) is 1.79. The van der Waals surface area contributed by atoms with Gasteiger partial charge in [-0.15, -0.1) is 22.7 Å². The second kappa shape index (κ2) is 24.7. The lowest BCUT2D eigenvalue weighted by Gasteiger charge is -2.35. The molecule has 4 aromatic carbocycles. The Kier molecular flexibility index (Phi) is 17.5. The normalized spacial score (nSPS) is 19.3. The topological polar surface area (TPSA) is 259 Å². The number of hydrogen-bond donors (Lipinski definition) is 6. The van der Waals surface area contributed by atoms with Gasteiger partial charge in [-0.3, -0.25) is 9.80 Å². The summed E-state index contributed by atoms with van der Waals surface area (Å²) in [5.74, 6) is -3.92. The van der Waals surface area contributed by atoms with E-state index < -0.39 is 36.1 Å². The fourth-order valence-electron chi connectivity index (χ4n) is 10.7. The number of methoxy groups -OCH3 is 2. The van der Waals surface area contributed by atoms with Gasteiger partial charge < -0.3 is 58.4 Å². The highest BCUT2D eigenvalue weighted by molar-refractivity contribution is 7.20. The van der Waals surface area contributed by atoms with Crippen LogP contribution in [-0.2, 0) is 19.2 Å². The van der Waals surface area contributed by atoms with E-state index in [1.54, 1.807) is 26.7 Å². The number of aliphatic hydroxyl groups is 2. The van der Waals surface area contributed by atoms with Gasteiger partial charge in [-0.05, 0) is 122 Å². The quantitative estimate of drug-likeness (QED) is 0.0554. The molecule has 6 atom stereocenters. The van der Waals surface area contributed by atoms with Crippen LogP contribution in [0.15, 0.2) is 131 Å². The lowest BCUT2D eigenvalue weighted by atomic mass is 9.99. The van der Waals surface area contributed by atoms with Crippen LogP contribution in [0.25, 0.3) is 53.3 Å². The molecule has 4 aliphatic heterocycles. The number of thiophene rings is 2. The molecule has 0 saturated carbocycles. The summed E-state index contributed by atoms with van der Waals surface area (Å²) in [5, 5.41) is 55.4. The molecule has 2 fully saturated rings. The minimum Gasteiger partial charge on any atom is -0.496 e. The fourth-order valence-corrected chi connectivity index (χ4v) is 12.9. The molecule has 8 aromatic rings. The Labute approximate surface area is 455 Å². The Balaban J connectivity index is 0.000000157. The molecule has 6 N–H and O–H groups in total. The largest absolute Gasteiger partial charge is 0.496 e. The highest BCUT2D eigenvalue weighted by Gasteiger charge is 2.39. The van der Waals surface area contributed by atoms with E-state index in [2.05, 4.69) is 58.4 Å². The van der Waals surface area contributed by atoms with Crippen molar-refractivity contribution in [2.24, 2.45) is 0 Å². The number of fused-ring (bicyclic) bond motifs is 8. The number of benzene rings is 4. The molecule has 2 saturated heterocycles. The molecule has 0 amide bonds. The van der Waals surface area contributed by atoms with Gasteiger partial charge in [0.15, 0.2) is 0 Å². The summed E-state index contributed by atoms with van der Waals surface area (Å²) in [7, 11) is 3.46. The molecular weight excluding hydrogens is 1040 g/mol. The Morgan fingerprint density at radius 2 is 0.923 bits per heavy atom. The SMILES string of the molecule is COc1cccc2sc(C3=CC4CCC(C3)N4C[C@H](O)COc3cccc4occc34)cc12.COc1cccc2sc(C3=CC4CCC(C3)N4C[C@H](O)COc3cccc4occc34)cc12.O=C(O)C(=O)O.O=C(O)C(=O)O. The van der Waals surface area contributed by atoms with Crippen LogP contribution in [0.4, 0.5) is 0 Å². The molecule has 0 spiro atoms. The number of aliphatic hydroxyl groups excluding tert-OH is 2. The van der Waals surface area contributed by atoms with E-state index in [9.17, 15) is 10.2 Å². The first kappa shape index (κ1) is 55.0. The number of hydrogen-bond acceptors (Lipinski definition) is 16. The van der Waals surface area contributed by atoms with Crippen molar-refractivity contribution >= 4 is 99.8 Å². The number of rotatable bonds is 14. The minimum absolute atomic E-state index is 0.271. The van der Waals surface area contributed by atoms with Crippen LogP contribution in [0, 0.1) is 0 Å². The number of furan rings is 2. The van der Waals surface area contributed by atoms with Crippen molar-refractivity contribution in [2.75, 3.05) is 40.5 Å². The standard InChI is InChI=1S/2C27H27NO4S.2C2H2O4/c2*1-30-23-4-3-7-26-22(23)14-27(33-26)17-12-18-8-9-19(13-17)28(18)15-20(29)16-32-25-6-2-5-24-21(25)10-11-31-24;2*3-1(4)2(5)6/h2*2-7,10-12,14,18-20,29H,8-9,13,15-16H2,1H3;2*(H,3,4)(H,5,6)/t2*18?,19?,20-;;/m00../s1. The fraction of sp³-hybridized carbons (Fsp3) is 0.310. The highest BCUT2D eigenvalue weighted by atomic mass is 32.1. The molecule has 78 heavy (non-hydrogen) atoms. The maximum Gasteiger partial charge on any atom is 0.414 e. The van der Waals surface area contributed by atoms with Crippen molar-refractivity contribution < 1.29 is 77.6 Å². The first-order valence-electron chi connectivity index (χ1n) is 25.2. The van der Waals surface area contributed by atoms with E-state index in [0.717, 1.165) is 70.6 Å². The summed E-state index contributed by atoms with van der Waals surface area (Å²) in [6.07, 6.45) is 13.7. The van der Waals surface area contributed by atoms with Crippen molar-refractivity contribution in [3.05, 3.63) is 131 Å². The van der Waals surface area contributed by atoms with Crippen LogP contribution in [0.3, 0.4) is 0 Å². The molecule has 4 aromatic heterocycles. The van der Waals surface area contributed by atoms with Gasteiger partial charge >= 0.3 is 23.9 Å². The van der Waals surface area contributed by atoms with Crippen molar-refractivity contribution in [3.8, 4) is 23.0 Å². The molecule has 0 aliphatic carbocycles. The van der Waals surface area contributed by atoms with Gasteiger partial charge in [-0.1, -0.05) is 36.4 Å². The van der Waals surface area contributed by atoms with E-state index in [1.807, 2.05) is 83.3 Å². The Bertz CT molecular complexity index is 3250. The summed E-state index contributed by atoms with van der Waals surface area (Å²) in [4.78, 5) is 44.0. The average molecular weight is 1100 g/mol. The number of carboxylic acids is 4. The zero-order chi connectivity index (χ0) is 55.0. The third-order valence-corrected chi connectivity index (χ3v) is 16.5. The predicted octanol–water partition coefficient (Wildman–Crippen LogP) is 9.74. The van der Waals surface area contributed by atoms with Crippen LogP contribution in [-0.4, -0.2) is 141 Å². The molecule has 0 radical (unpaired) electrons. The first-order chi connectivity index (χ1) is 37.7. The van der Waals surface area contributed by atoms with Crippen LogP contribution < -0.4 is 18.9 Å². The molecule has 12 rings (SSSR count). The summed E-state index contributed by atoms with van der Waals surface area (Å²) < 4.78 is 36.4. The molecule has 18 nitrogen and oxygen atoms in total. The van der Waals surface area contributed by atoms with Gasteiger partial charge in [0.1, 0.15) is 59.6 Å². The zero-order valence-electron chi connectivity index (χ0n) is 42.6. The third-order valence-electron chi connectivity index (χ3n) is 14.2. The number of nitrogens with zero attached hydrogens (tertiary/aromatic N) is 2. The maximum atomic E-state index is 10.8. The van der Waals surface area contributed by atoms with Gasteiger partial charge in [0.05, 0.1) is 37.5 Å². The molecule has 4 unspecified atom stereocenters. The van der Waals surface area contributed by atoms with Gasteiger partial charge in [-0.25, -0.2) is 19.2 Å². The van der Waals surface area contributed by atoms with E-state index in [0.29, 0.717) is 37.3 Å². The van der Waals surface area contributed by atoms with Gasteiger partial charge in [0.2, 0.25) is 0 Å². The van der Waals surface area contributed by atoms with E-state index in [-0.39, 0.29) is 13.2 Å². The summed E-state index contributed by atoms with van der Waals surface area (Å²) in [5.41, 5.74) is 4.46. The lowest BCUT2D eigenvalue weighted by Crippen LogP contribution is -2.44. The van der Waals surface area contributed by atoms with Gasteiger partial charge in [-0.2, -0.15) is 0 Å². The maximum absolute atomic E-state index is 10.8. The van der Waals surface area contributed by atoms with Gasteiger partial charge in [0, 0.05) is 67.2 Å². The van der Waals surface area contributed by atoms with Crippen LogP contribution in [0.1, 0.15) is 48.3 Å². The Morgan fingerprint density at radius 3 is 1.29 bits per heavy atom. The Morgan fingerprint density at radius 1 is 0.538 bits per heavy atom. The molecule has 4 aliphatic rings. The second-order valence-electron chi connectivity index (χ2n) is 19.1. The molecule has 4 bridgehead atoms. The molecule has 408 valence electrons. The lowest BCUT2D eigenvalue weighted by molar-refractivity contribution is -0.159. The smallest absolute Gasteiger partial charge is 0.414 e. The monoisotopic (exact) mass is 1100 g/mol. The molecule has 8 heterocycles. The van der Waals surface area contributed by atoms with Crippen LogP contribution in [0.2, 0.25) is 0 Å². The number of carbonyl (C=O) groups is 4. The minimum atomic E-state index is -1.82. The average Bonchev–Trinajstić information content (AvgIpc) is 4.39. The molecule has 20 heteroatoms.